The smallest absolute Gasteiger partial charge is 0.264 e. The molecule has 1 saturated heterocycles. The number of piperidine rings is 1. The number of amides is 2. The zero-order valence-corrected chi connectivity index (χ0v) is 12.1. The molecular weight excluding hydrogens is 266 g/mol. The average molecular weight is 285 g/mol. The van der Waals surface area contributed by atoms with E-state index < -0.39 is 5.92 Å². The van der Waals surface area contributed by atoms with Gasteiger partial charge in [0.1, 0.15) is 11.8 Å². The summed E-state index contributed by atoms with van der Waals surface area (Å²) in [6.45, 7) is 3.65. The van der Waals surface area contributed by atoms with Crippen LogP contribution < -0.4 is 10.6 Å². The molecule has 1 aromatic rings. The molecule has 5 nitrogen and oxygen atoms in total. The molecule has 2 heterocycles. The van der Waals surface area contributed by atoms with Crippen LogP contribution in [0.4, 0.5) is 0 Å². The molecule has 5 heteroatoms. The van der Waals surface area contributed by atoms with Crippen molar-refractivity contribution in [1.82, 2.24) is 10.6 Å². The van der Waals surface area contributed by atoms with Gasteiger partial charge in [-0.1, -0.05) is 24.3 Å². The fourth-order valence-corrected chi connectivity index (χ4v) is 2.99. The number of hydrogen-bond donors (Lipinski definition) is 2. The molecule has 110 valence electrons. The molecule has 3 rings (SSSR count). The monoisotopic (exact) mass is 285 g/mol. The zero-order chi connectivity index (χ0) is 14.8. The molecule has 2 amide bonds. The van der Waals surface area contributed by atoms with Crippen molar-refractivity contribution in [3.05, 3.63) is 35.4 Å². The number of carbonyl (C=O) groups is 2. The van der Waals surface area contributed by atoms with Crippen LogP contribution in [0.3, 0.4) is 0 Å². The molecule has 1 fully saturated rings. The van der Waals surface area contributed by atoms with Crippen molar-refractivity contribution in [3.8, 4) is 0 Å². The molecule has 2 N–H and O–H groups in total. The summed E-state index contributed by atoms with van der Waals surface area (Å²) in [6.07, 6.45) is 1.99. The highest BCUT2D eigenvalue weighted by Gasteiger charge is 2.36. The van der Waals surface area contributed by atoms with E-state index in [2.05, 4.69) is 15.6 Å². The summed E-state index contributed by atoms with van der Waals surface area (Å²) in [5.41, 5.74) is 1.67. The Morgan fingerprint density at radius 2 is 2.05 bits per heavy atom. The average Bonchev–Trinajstić information content (AvgIpc) is 2.49. The highest BCUT2D eigenvalue weighted by atomic mass is 16.2. The predicted octanol–water partition coefficient (Wildman–Crippen LogP) is 1.13. The molecule has 21 heavy (non-hydrogen) atoms. The van der Waals surface area contributed by atoms with Gasteiger partial charge in [-0.2, -0.15) is 4.99 Å². The van der Waals surface area contributed by atoms with Crippen LogP contribution >= 0.6 is 0 Å². The number of benzene rings is 1. The first-order chi connectivity index (χ1) is 10.2. The maximum Gasteiger partial charge on any atom is 0.264 e. The number of amidine groups is 1. The van der Waals surface area contributed by atoms with Gasteiger partial charge >= 0.3 is 0 Å². The number of rotatable bonds is 2. The summed E-state index contributed by atoms with van der Waals surface area (Å²) < 4.78 is 0. The van der Waals surface area contributed by atoms with Crippen molar-refractivity contribution in [2.75, 3.05) is 13.1 Å². The molecule has 2 aliphatic rings. The topological polar surface area (TPSA) is 70.6 Å². The largest absolute Gasteiger partial charge is 0.316 e. The molecular formula is C16H19N3O2. The highest BCUT2D eigenvalue weighted by Crippen LogP contribution is 2.25. The Hall–Kier alpha value is -2.01. The number of hydrogen-bond acceptors (Lipinski definition) is 3. The summed E-state index contributed by atoms with van der Waals surface area (Å²) >= 11 is 0. The molecule has 1 aromatic carbocycles. The van der Waals surface area contributed by atoms with E-state index in [0.717, 1.165) is 37.1 Å². The number of nitrogens with one attached hydrogen (secondary N) is 2. The first-order valence-electron chi connectivity index (χ1n) is 7.36. The predicted molar refractivity (Wildman–Crippen MR) is 80.1 cm³/mol. The van der Waals surface area contributed by atoms with Gasteiger partial charge in [0.25, 0.3) is 5.91 Å². The van der Waals surface area contributed by atoms with Crippen molar-refractivity contribution in [3.63, 3.8) is 0 Å². The lowest BCUT2D eigenvalue weighted by Crippen LogP contribution is -2.49. The summed E-state index contributed by atoms with van der Waals surface area (Å²) in [4.78, 5) is 28.9. The van der Waals surface area contributed by atoms with Crippen LogP contribution in [-0.4, -0.2) is 30.7 Å². The maximum absolute atomic E-state index is 12.4. The third-order valence-corrected chi connectivity index (χ3v) is 4.17. The fourth-order valence-electron chi connectivity index (χ4n) is 2.99. The highest BCUT2D eigenvalue weighted by molar-refractivity contribution is 6.19. The SMILES string of the molecule is Cc1ccccc1C1C(=O)N=C(C2CCCNC2)NC1=O. The number of carbonyl (C=O) groups excluding carboxylic acids is 2. The van der Waals surface area contributed by atoms with Crippen molar-refractivity contribution in [2.24, 2.45) is 10.9 Å². The Morgan fingerprint density at radius 3 is 2.71 bits per heavy atom. The third kappa shape index (κ3) is 2.74. The van der Waals surface area contributed by atoms with Gasteiger partial charge in [-0.25, -0.2) is 0 Å². The molecule has 0 bridgehead atoms. The molecule has 0 saturated carbocycles. The number of nitrogens with zero attached hydrogens (tertiary/aromatic N) is 1. The lowest BCUT2D eigenvalue weighted by molar-refractivity contribution is -0.130. The van der Waals surface area contributed by atoms with Crippen LogP contribution in [0, 0.1) is 12.8 Å². The quantitative estimate of drug-likeness (QED) is 0.800. The van der Waals surface area contributed by atoms with Crippen LogP contribution in [0.5, 0.6) is 0 Å². The Bertz CT molecular complexity index is 603. The third-order valence-electron chi connectivity index (χ3n) is 4.17. The Balaban J connectivity index is 1.87. The summed E-state index contributed by atoms with van der Waals surface area (Å²) in [6, 6.07) is 7.46. The van der Waals surface area contributed by atoms with E-state index >= 15 is 0 Å². The van der Waals surface area contributed by atoms with Crippen LogP contribution in [0.2, 0.25) is 0 Å². The van der Waals surface area contributed by atoms with E-state index in [1.165, 1.54) is 0 Å². The van der Waals surface area contributed by atoms with Crippen molar-refractivity contribution >= 4 is 17.6 Å². The molecule has 0 spiro atoms. The van der Waals surface area contributed by atoms with E-state index in [1.54, 1.807) is 0 Å². The van der Waals surface area contributed by atoms with Gasteiger partial charge in [0.05, 0.1) is 0 Å². The van der Waals surface area contributed by atoms with Crippen LogP contribution in [0.15, 0.2) is 29.3 Å². The van der Waals surface area contributed by atoms with Gasteiger partial charge in [0.2, 0.25) is 5.91 Å². The molecule has 2 aliphatic heterocycles. The van der Waals surface area contributed by atoms with Gasteiger partial charge in [0.15, 0.2) is 0 Å². The molecule has 2 atom stereocenters. The van der Waals surface area contributed by atoms with Gasteiger partial charge in [0, 0.05) is 12.5 Å². The second-order valence-electron chi connectivity index (χ2n) is 5.66. The lowest BCUT2D eigenvalue weighted by atomic mass is 9.90. The molecule has 0 radical (unpaired) electrons. The fraction of sp³-hybridized carbons (Fsp3) is 0.438. The van der Waals surface area contributed by atoms with Crippen LogP contribution in [0.25, 0.3) is 0 Å². The van der Waals surface area contributed by atoms with Crippen molar-refractivity contribution in [2.45, 2.75) is 25.7 Å². The first kappa shape index (κ1) is 13.9. The lowest BCUT2D eigenvalue weighted by Gasteiger charge is -2.28. The molecule has 2 unspecified atom stereocenters. The minimum absolute atomic E-state index is 0.129. The minimum atomic E-state index is -0.813. The van der Waals surface area contributed by atoms with Gasteiger partial charge in [-0.15, -0.1) is 0 Å². The van der Waals surface area contributed by atoms with Crippen molar-refractivity contribution in [1.29, 1.82) is 0 Å². The minimum Gasteiger partial charge on any atom is -0.316 e. The van der Waals surface area contributed by atoms with Crippen LogP contribution in [-0.2, 0) is 9.59 Å². The normalized spacial score (nSPS) is 26.2. The summed E-state index contributed by atoms with van der Waals surface area (Å²) in [7, 11) is 0. The number of aliphatic imine (C=N–C) groups is 1. The van der Waals surface area contributed by atoms with Gasteiger partial charge in [-0.3, -0.25) is 9.59 Å². The maximum atomic E-state index is 12.4. The van der Waals surface area contributed by atoms with E-state index in [-0.39, 0.29) is 17.7 Å². The van der Waals surface area contributed by atoms with Crippen molar-refractivity contribution < 1.29 is 9.59 Å². The molecule has 0 aliphatic carbocycles. The van der Waals surface area contributed by atoms with Gasteiger partial charge < -0.3 is 10.6 Å². The number of aryl methyl sites for hydroxylation is 1. The van der Waals surface area contributed by atoms with E-state index in [0.29, 0.717) is 5.84 Å². The molecule has 0 aromatic heterocycles. The van der Waals surface area contributed by atoms with E-state index in [1.807, 2.05) is 31.2 Å². The van der Waals surface area contributed by atoms with E-state index in [4.69, 9.17) is 0 Å². The second kappa shape index (κ2) is 5.77. The summed E-state index contributed by atoms with van der Waals surface area (Å²) in [5, 5.41) is 6.11. The zero-order valence-electron chi connectivity index (χ0n) is 12.1. The Labute approximate surface area is 123 Å². The standard InChI is InChI=1S/C16H19N3O2/c1-10-5-2-3-7-12(10)13-15(20)18-14(19-16(13)21)11-6-4-8-17-9-11/h2-3,5,7,11,13,17H,4,6,8-9H2,1H3,(H,18,19,20,21). The van der Waals surface area contributed by atoms with E-state index in [9.17, 15) is 9.59 Å². The Kier molecular flexibility index (Phi) is 3.84. The van der Waals surface area contributed by atoms with Gasteiger partial charge in [-0.05, 0) is 37.4 Å². The first-order valence-corrected chi connectivity index (χ1v) is 7.36. The summed E-state index contributed by atoms with van der Waals surface area (Å²) in [5.74, 6) is -0.767. The Morgan fingerprint density at radius 1 is 1.24 bits per heavy atom. The van der Waals surface area contributed by atoms with Crippen LogP contribution in [0.1, 0.15) is 29.9 Å². The second-order valence-corrected chi connectivity index (χ2v) is 5.66.